The quantitative estimate of drug-likeness (QED) is 0.792. The molecule has 0 bridgehead atoms. The molecule has 0 atom stereocenters. The highest BCUT2D eigenvalue weighted by atomic mass is 16.2. The Labute approximate surface area is 123 Å². The Kier molecular flexibility index (Phi) is 2.67. The molecular formula is C18H15NO2. The minimum atomic E-state index is 0.0602. The van der Waals surface area contributed by atoms with Crippen LogP contribution in [0.1, 0.15) is 33.5 Å². The van der Waals surface area contributed by atoms with Crippen molar-refractivity contribution in [3.8, 4) is 0 Å². The van der Waals surface area contributed by atoms with Gasteiger partial charge in [-0.2, -0.15) is 0 Å². The third-order valence-electron chi connectivity index (χ3n) is 4.35. The summed E-state index contributed by atoms with van der Waals surface area (Å²) < 4.78 is 0. The van der Waals surface area contributed by atoms with Crippen LogP contribution in [-0.4, -0.2) is 18.2 Å². The lowest BCUT2D eigenvalue weighted by Gasteiger charge is -2.25. The van der Waals surface area contributed by atoms with Crippen molar-refractivity contribution in [1.82, 2.24) is 0 Å². The SMILES string of the molecule is O=C(c1ccccc1)c1cc2c3c(c1)CCN3C(=O)CC2. The van der Waals surface area contributed by atoms with Crippen LogP contribution in [0.3, 0.4) is 0 Å². The molecule has 2 aromatic rings. The van der Waals surface area contributed by atoms with E-state index in [2.05, 4.69) is 0 Å². The van der Waals surface area contributed by atoms with Gasteiger partial charge in [-0.1, -0.05) is 30.3 Å². The standard InChI is InChI=1S/C18H15NO2/c20-16-7-6-13-10-15(11-14-8-9-19(16)17(13)14)18(21)12-4-2-1-3-5-12/h1-5,10-11H,6-9H2. The summed E-state index contributed by atoms with van der Waals surface area (Å²) >= 11 is 0. The first-order valence-corrected chi connectivity index (χ1v) is 7.30. The highest BCUT2D eigenvalue weighted by Gasteiger charge is 2.32. The molecule has 2 heterocycles. The maximum atomic E-state index is 12.6. The van der Waals surface area contributed by atoms with Gasteiger partial charge in [0.05, 0.1) is 5.69 Å². The number of carbonyl (C=O) groups is 2. The van der Waals surface area contributed by atoms with Crippen LogP contribution in [-0.2, 0) is 17.6 Å². The van der Waals surface area contributed by atoms with Crippen LogP contribution in [0.15, 0.2) is 42.5 Å². The summed E-state index contributed by atoms with van der Waals surface area (Å²) in [6.07, 6.45) is 2.15. The third kappa shape index (κ3) is 1.88. The molecule has 0 fully saturated rings. The van der Waals surface area contributed by atoms with Crippen molar-refractivity contribution in [2.75, 3.05) is 11.4 Å². The maximum absolute atomic E-state index is 12.6. The average molecular weight is 277 g/mol. The molecular weight excluding hydrogens is 262 g/mol. The Hall–Kier alpha value is -2.42. The number of nitrogens with zero attached hydrogens (tertiary/aromatic N) is 1. The topological polar surface area (TPSA) is 37.4 Å². The molecule has 0 spiro atoms. The summed E-state index contributed by atoms with van der Waals surface area (Å²) in [5.41, 5.74) is 4.80. The fourth-order valence-corrected chi connectivity index (χ4v) is 3.35. The summed E-state index contributed by atoms with van der Waals surface area (Å²) in [6.45, 7) is 0.754. The molecule has 1 amide bonds. The van der Waals surface area contributed by atoms with E-state index >= 15 is 0 Å². The number of rotatable bonds is 2. The van der Waals surface area contributed by atoms with Gasteiger partial charge < -0.3 is 4.90 Å². The molecule has 104 valence electrons. The first kappa shape index (κ1) is 12.3. The lowest BCUT2D eigenvalue weighted by Crippen LogP contribution is -2.32. The van der Waals surface area contributed by atoms with Gasteiger partial charge in [0.25, 0.3) is 0 Å². The maximum Gasteiger partial charge on any atom is 0.227 e. The summed E-state index contributed by atoms with van der Waals surface area (Å²) in [4.78, 5) is 26.4. The second kappa shape index (κ2) is 4.55. The highest BCUT2D eigenvalue weighted by molar-refractivity contribution is 6.10. The molecule has 0 radical (unpaired) electrons. The van der Waals surface area contributed by atoms with Gasteiger partial charge in [-0.15, -0.1) is 0 Å². The molecule has 0 saturated carbocycles. The Bertz CT molecular complexity index is 749. The zero-order chi connectivity index (χ0) is 14.4. The summed E-state index contributed by atoms with van der Waals surface area (Å²) in [6, 6.07) is 13.3. The number of ketones is 1. The first-order chi connectivity index (χ1) is 10.2. The molecule has 2 aliphatic rings. The van der Waals surface area contributed by atoms with Crippen molar-refractivity contribution in [3.63, 3.8) is 0 Å². The van der Waals surface area contributed by atoms with Gasteiger partial charge in [0.2, 0.25) is 5.91 Å². The summed E-state index contributed by atoms with van der Waals surface area (Å²) in [5, 5.41) is 0. The number of carbonyl (C=O) groups excluding carboxylic acids is 2. The van der Waals surface area contributed by atoms with Crippen molar-refractivity contribution in [1.29, 1.82) is 0 Å². The molecule has 0 aliphatic carbocycles. The van der Waals surface area contributed by atoms with Gasteiger partial charge in [-0.3, -0.25) is 9.59 Å². The second-order valence-electron chi connectivity index (χ2n) is 5.63. The van der Waals surface area contributed by atoms with E-state index in [1.807, 2.05) is 47.4 Å². The monoisotopic (exact) mass is 277 g/mol. The lowest BCUT2D eigenvalue weighted by molar-refractivity contribution is -0.118. The van der Waals surface area contributed by atoms with Crippen LogP contribution in [0.2, 0.25) is 0 Å². The number of benzene rings is 2. The molecule has 21 heavy (non-hydrogen) atoms. The van der Waals surface area contributed by atoms with E-state index in [9.17, 15) is 9.59 Å². The molecule has 3 nitrogen and oxygen atoms in total. The van der Waals surface area contributed by atoms with Crippen LogP contribution in [0, 0.1) is 0 Å². The fraction of sp³-hybridized carbons (Fsp3) is 0.222. The smallest absolute Gasteiger partial charge is 0.227 e. The van der Waals surface area contributed by atoms with Crippen LogP contribution in [0.25, 0.3) is 0 Å². The summed E-state index contributed by atoms with van der Waals surface area (Å²) in [7, 11) is 0. The lowest BCUT2D eigenvalue weighted by atomic mass is 9.93. The molecule has 2 aromatic carbocycles. The predicted molar refractivity (Wildman–Crippen MR) is 80.7 cm³/mol. The van der Waals surface area contributed by atoms with Crippen molar-refractivity contribution in [3.05, 3.63) is 64.7 Å². The van der Waals surface area contributed by atoms with Crippen molar-refractivity contribution >= 4 is 17.4 Å². The highest BCUT2D eigenvalue weighted by Crippen LogP contribution is 2.37. The van der Waals surface area contributed by atoms with Crippen LogP contribution in [0.5, 0.6) is 0 Å². The van der Waals surface area contributed by atoms with Crippen molar-refractivity contribution in [2.24, 2.45) is 0 Å². The van der Waals surface area contributed by atoms with E-state index in [1.54, 1.807) is 0 Å². The second-order valence-corrected chi connectivity index (χ2v) is 5.63. The van der Waals surface area contributed by atoms with E-state index in [1.165, 1.54) is 0 Å². The van der Waals surface area contributed by atoms with Gasteiger partial charge in [-0.05, 0) is 36.1 Å². The predicted octanol–water partition coefficient (Wildman–Crippen LogP) is 2.75. The number of hydrogen-bond donors (Lipinski definition) is 0. The minimum Gasteiger partial charge on any atom is -0.312 e. The molecule has 0 unspecified atom stereocenters. The number of aryl methyl sites for hydroxylation is 1. The van der Waals surface area contributed by atoms with Crippen LogP contribution < -0.4 is 4.90 Å². The fourth-order valence-electron chi connectivity index (χ4n) is 3.35. The van der Waals surface area contributed by atoms with Gasteiger partial charge in [0.15, 0.2) is 5.78 Å². The van der Waals surface area contributed by atoms with Crippen molar-refractivity contribution in [2.45, 2.75) is 19.3 Å². The van der Waals surface area contributed by atoms with Crippen LogP contribution >= 0.6 is 0 Å². The normalized spacial score (nSPS) is 16.0. The minimum absolute atomic E-state index is 0.0602. The van der Waals surface area contributed by atoms with E-state index in [4.69, 9.17) is 0 Å². The van der Waals surface area contributed by atoms with Gasteiger partial charge >= 0.3 is 0 Å². The Morgan fingerprint density at radius 2 is 1.62 bits per heavy atom. The Morgan fingerprint density at radius 3 is 2.38 bits per heavy atom. The van der Waals surface area contributed by atoms with Gasteiger partial charge in [-0.25, -0.2) is 0 Å². The zero-order valence-corrected chi connectivity index (χ0v) is 11.6. The molecule has 0 N–H and O–H groups in total. The van der Waals surface area contributed by atoms with Gasteiger partial charge in [0, 0.05) is 24.1 Å². The van der Waals surface area contributed by atoms with E-state index in [0.717, 1.165) is 41.8 Å². The van der Waals surface area contributed by atoms with Crippen molar-refractivity contribution < 1.29 is 9.59 Å². The first-order valence-electron chi connectivity index (χ1n) is 7.30. The number of hydrogen-bond acceptors (Lipinski definition) is 2. The Balaban J connectivity index is 1.80. The zero-order valence-electron chi connectivity index (χ0n) is 11.6. The summed E-state index contributed by atoms with van der Waals surface area (Å²) in [5.74, 6) is 0.272. The van der Waals surface area contributed by atoms with E-state index in [-0.39, 0.29) is 11.7 Å². The van der Waals surface area contributed by atoms with E-state index < -0.39 is 0 Å². The van der Waals surface area contributed by atoms with Crippen LogP contribution in [0.4, 0.5) is 5.69 Å². The largest absolute Gasteiger partial charge is 0.312 e. The van der Waals surface area contributed by atoms with E-state index in [0.29, 0.717) is 12.0 Å². The molecule has 4 rings (SSSR count). The Morgan fingerprint density at radius 1 is 0.905 bits per heavy atom. The molecule has 3 heteroatoms. The van der Waals surface area contributed by atoms with Gasteiger partial charge in [0.1, 0.15) is 0 Å². The molecule has 2 aliphatic heterocycles. The number of amides is 1. The molecule has 0 aromatic heterocycles. The molecule has 0 saturated heterocycles. The number of anilines is 1. The third-order valence-corrected chi connectivity index (χ3v) is 4.35. The average Bonchev–Trinajstić information content (AvgIpc) is 2.96.